The number of phosphoric ester groups is 1. The smallest absolute Gasteiger partial charge is 0.472 e. The van der Waals surface area contributed by atoms with E-state index in [9.17, 15) is 19.0 Å². The van der Waals surface area contributed by atoms with Crippen molar-refractivity contribution in [1.29, 1.82) is 5.26 Å². The minimum absolute atomic E-state index is 0.0448. The number of phosphoric acid groups is 1. The van der Waals surface area contributed by atoms with Crippen molar-refractivity contribution >= 4 is 19.8 Å². The third kappa shape index (κ3) is 9.70. The number of hydrogen-bond acceptors (Lipinski definition) is 9. The number of aliphatic carboxylic acids is 1. The van der Waals surface area contributed by atoms with Crippen molar-refractivity contribution in [2.45, 2.75) is 25.3 Å². The first-order valence-electron chi connectivity index (χ1n) is 10.2. The van der Waals surface area contributed by atoms with E-state index in [1.807, 2.05) is 18.2 Å². The maximum absolute atomic E-state index is 12.0. The van der Waals surface area contributed by atoms with E-state index in [4.69, 9.17) is 25.6 Å². The van der Waals surface area contributed by atoms with Gasteiger partial charge in [0, 0.05) is 12.8 Å². The lowest BCUT2D eigenvalue weighted by Crippen LogP contribution is -2.34. The SMILES string of the molecule is N#Cc1ccc(Oc2ccccc2CCC(=O)OCCCOP(=O)(O)OC[C@H](N)C(=O)O)cc1. The van der Waals surface area contributed by atoms with Gasteiger partial charge in [-0.2, -0.15) is 5.26 Å². The van der Waals surface area contributed by atoms with E-state index in [2.05, 4.69) is 9.05 Å². The summed E-state index contributed by atoms with van der Waals surface area (Å²) < 4.78 is 31.7. The number of rotatable bonds is 14. The lowest BCUT2D eigenvalue weighted by molar-refractivity contribution is -0.143. The molecule has 0 aromatic heterocycles. The second-order valence-electron chi connectivity index (χ2n) is 6.96. The lowest BCUT2D eigenvalue weighted by Gasteiger charge is -2.13. The van der Waals surface area contributed by atoms with Gasteiger partial charge in [0.15, 0.2) is 0 Å². The summed E-state index contributed by atoms with van der Waals surface area (Å²) in [7, 11) is -4.46. The molecule has 0 radical (unpaired) electrons. The number of aryl methyl sites for hydroxylation is 1. The summed E-state index contributed by atoms with van der Waals surface area (Å²) in [6, 6.07) is 14.5. The number of esters is 1. The van der Waals surface area contributed by atoms with E-state index in [-0.39, 0.29) is 26.1 Å². The summed E-state index contributed by atoms with van der Waals surface area (Å²) >= 11 is 0. The van der Waals surface area contributed by atoms with E-state index in [0.717, 1.165) is 5.56 Å². The van der Waals surface area contributed by atoms with E-state index in [0.29, 0.717) is 23.5 Å². The first-order chi connectivity index (χ1) is 16.2. The minimum Gasteiger partial charge on any atom is -0.480 e. The van der Waals surface area contributed by atoms with Crippen LogP contribution < -0.4 is 10.5 Å². The summed E-state index contributed by atoms with van der Waals surface area (Å²) in [5.41, 5.74) is 6.49. The zero-order valence-corrected chi connectivity index (χ0v) is 19.1. The van der Waals surface area contributed by atoms with Crippen LogP contribution in [0.1, 0.15) is 24.0 Å². The molecule has 0 saturated carbocycles. The Morgan fingerprint density at radius 1 is 1.09 bits per heavy atom. The molecule has 12 heteroatoms. The van der Waals surface area contributed by atoms with Gasteiger partial charge in [-0.15, -0.1) is 0 Å². The van der Waals surface area contributed by atoms with E-state index in [1.165, 1.54) is 0 Å². The lowest BCUT2D eigenvalue weighted by atomic mass is 10.1. The molecule has 182 valence electrons. The van der Waals surface area contributed by atoms with Gasteiger partial charge in [-0.3, -0.25) is 18.6 Å². The van der Waals surface area contributed by atoms with Crippen molar-refractivity contribution in [2.24, 2.45) is 5.73 Å². The van der Waals surface area contributed by atoms with Crippen LogP contribution in [0.5, 0.6) is 11.5 Å². The molecular weight excluding hydrogens is 467 g/mol. The first kappa shape index (κ1) is 27.0. The van der Waals surface area contributed by atoms with Gasteiger partial charge >= 0.3 is 19.8 Å². The fourth-order valence-electron chi connectivity index (χ4n) is 2.55. The Bertz CT molecular complexity index is 1050. The van der Waals surface area contributed by atoms with E-state index >= 15 is 0 Å². The standard InChI is InChI=1S/C22H25N2O9P/c23-14-16-6-9-18(10-7-16)33-20-5-2-1-4-17(20)8-11-21(25)30-12-3-13-31-34(28,29)32-15-19(24)22(26)27/h1-2,4-7,9-10,19H,3,8,11-13,15,24H2,(H,26,27)(H,28,29)/t19-/m0/s1. The van der Waals surface area contributed by atoms with Gasteiger partial charge in [0.2, 0.25) is 0 Å². The van der Waals surface area contributed by atoms with E-state index < -0.39 is 32.4 Å². The maximum Gasteiger partial charge on any atom is 0.472 e. The summed E-state index contributed by atoms with van der Waals surface area (Å²) in [5.74, 6) is -0.710. The molecule has 2 aromatic carbocycles. The number of carbonyl (C=O) groups excluding carboxylic acids is 1. The summed E-state index contributed by atoms with van der Waals surface area (Å²) in [4.78, 5) is 32.0. The predicted octanol–water partition coefficient (Wildman–Crippen LogP) is 2.76. The number of nitrogens with two attached hydrogens (primary N) is 1. The maximum atomic E-state index is 12.0. The Labute approximate surface area is 196 Å². The van der Waals surface area contributed by atoms with Crippen LogP contribution in [-0.4, -0.2) is 47.8 Å². The Balaban J connectivity index is 1.71. The zero-order valence-electron chi connectivity index (χ0n) is 18.2. The Morgan fingerprint density at radius 3 is 2.47 bits per heavy atom. The van der Waals surface area contributed by atoms with Crippen LogP contribution in [0.15, 0.2) is 48.5 Å². The minimum atomic E-state index is -4.46. The van der Waals surface area contributed by atoms with Crippen LogP contribution in [0.4, 0.5) is 0 Å². The molecule has 4 N–H and O–H groups in total. The van der Waals surface area contributed by atoms with Gasteiger partial charge in [0.05, 0.1) is 31.5 Å². The fourth-order valence-corrected chi connectivity index (χ4v) is 3.33. The number of nitriles is 1. The molecule has 0 aliphatic rings. The highest BCUT2D eigenvalue weighted by molar-refractivity contribution is 7.47. The molecule has 0 bridgehead atoms. The molecule has 0 aliphatic carbocycles. The normalized spacial score (nSPS) is 13.3. The molecule has 2 aromatic rings. The molecule has 34 heavy (non-hydrogen) atoms. The molecule has 1 unspecified atom stereocenters. The third-order valence-corrected chi connectivity index (χ3v) is 5.31. The summed E-state index contributed by atoms with van der Waals surface area (Å²) in [5, 5.41) is 17.5. The van der Waals surface area contributed by atoms with Crippen molar-refractivity contribution in [3.05, 3.63) is 59.7 Å². The molecule has 0 spiro atoms. The Morgan fingerprint density at radius 2 is 1.79 bits per heavy atom. The number of ether oxygens (including phenoxy) is 2. The average Bonchev–Trinajstić information content (AvgIpc) is 2.82. The molecule has 0 amide bonds. The van der Waals surface area contributed by atoms with E-state index in [1.54, 1.807) is 36.4 Å². The van der Waals surface area contributed by atoms with Crippen molar-refractivity contribution in [1.82, 2.24) is 0 Å². The van der Waals surface area contributed by atoms with Crippen LogP contribution in [0.3, 0.4) is 0 Å². The highest BCUT2D eigenvalue weighted by Crippen LogP contribution is 2.43. The monoisotopic (exact) mass is 492 g/mol. The first-order valence-corrected chi connectivity index (χ1v) is 11.7. The Hall–Kier alpha value is -3.26. The highest BCUT2D eigenvalue weighted by atomic mass is 31.2. The average molecular weight is 492 g/mol. The predicted molar refractivity (Wildman–Crippen MR) is 119 cm³/mol. The topological polar surface area (TPSA) is 178 Å². The number of benzene rings is 2. The van der Waals surface area contributed by atoms with Gasteiger partial charge in [-0.1, -0.05) is 18.2 Å². The molecule has 11 nitrogen and oxygen atoms in total. The second kappa shape index (κ2) is 13.4. The number of carboxylic acids is 1. The van der Waals surface area contributed by atoms with Crippen LogP contribution >= 0.6 is 7.82 Å². The number of nitrogens with zero attached hydrogens (tertiary/aromatic N) is 1. The van der Waals surface area contributed by atoms with Crippen LogP contribution in [0.25, 0.3) is 0 Å². The largest absolute Gasteiger partial charge is 0.480 e. The van der Waals surface area contributed by atoms with Gasteiger partial charge < -0.3 is 25.2 Å². The van der Waals surface area contributed by atoms with Crippen molar-refractivity contribution in [3.63, 3.8) is 0 Å². The third-order valence-electron chi connectivity index (χ3n) is 4.32. The van der Waals surface area contributed by atoms with Gasteiger partial charge in [0.1, 0.15) is 17.5 Å². The Kier molecular flexibility index (Phi) is 10.7. The quantitative estimate of drug-likeness (QED) is 0.201. The van der Waals surface area contributed by atoms with Gasteiger partial charge in [-0.25, -0.2) is 4.57 Å². The molecule has 0 heterocycles. The number of carboxylic acid groups (broad SMARTS) is 1. The molecule has 2 rings (SSSR count). The number of hydrogen-bond donors (Lipinski definition) is 3. The fraction of sp³-hybridized carbons (Fsp3) is 0.318. The summed E-state index contributed by atoms with van der Waals surface area (Å²) in [6.07, 6.45) is 0.581. The molecule has 2 atom stereocenters. The molecular formula is C22H25N2O9P. The van der Waals surface area contributed by atoms with Crippen molar-refractivity contribution in [3.8, 4) is 17.6 Å². The molecule has 0 aliphatic heterocycles. The molecule has 0 saturated heterocycles. The van der Waals surface area contributed by atoms with Crippen LogP contribution in [0, 0.1) is 11.3 Å². The highest BCUT2D eigenvalue weighted by Gasteiger charge is 2.24. The second-order valence-corrected chi connectivity index (χ2v) is 8.42. The van der Waals surface area contributed by atoms with Crippen LogP contribution in [0.2, 0.25) is 0 Å². The van der Waals surface area contributed by atoms with Crippen molar-refractivity contribution < 1.29 is 42.7 Å². The zero-order chi connectivity index (χ0) is 25.0. The van der Waals surface area contributed by atoms with Gasteiger partial charge in [-0.05, 0) is 42.3 Å². The summed E-state index contributed by atoms with van der Waals surface area (Å²) in [6.45, 7) is -0.976. The van der Waals surface area contributed by atoms with Crippen molar-refractivity contribution in [2.75, 3.05) is 19.8 Å². The van der Waals surface area contributed by atoms with Crippen LogP contribution in [-0.2, 0) is 34.4 Å². The molecule has 0 fully saturated rings. The van der Waals surface area contributed by atoms with Gasteiger partial charge in [0.25, 0.3) is 0 Å². The number of carbonyl (C=O) groups is 2. The number of para-hydroxylation sites is 1.